The van der Waals surface area contributed by atoms with E-state index in [4.69, 9.17) is 4.74 Å². The molecule has 2 saturated carbocycles. The van der Waals surface area contributed by atoms with E-state index in [0.717, 1.165) is 76.8 Å². The summed E-state index contributed by atoms with van der Waals surface area (Å²) < 4.78 is 38.2. The Morgan fingerprint density at radius 1 is 0.906 bits per heavy atom. The first-order chi connectivity index (χ1) is 25.4. The molecule has 8 rings (SSSR count). The standard InChI is InChI=1S/C41H50N6O5S/c1-25-22-46(23-26(2)44(25)3)41(49)35-21-42-45(4)38(35)30-18-29-19-31(52-5)15-17-33(29)39-37(27-10-7-6-8-11-27)34-16-14-28(20-36(34)47(39)24-30)40(48)43-53(50,51)32-12-9-13-32/h14-21,25-27,32H,6-13,22-24H2,1-5H3,(H,43,48)/t25-,26+. The zero-order valence-corrected chi connectivity index (χ0v) is 32.2. The fraction of sp³-hybridized carbons (Fsp3) is 0.488. The van der Waals surface area contributed by atoms with E-state index >= 15 is 0 Å². The fourth-order valence-corrected chi connectivity index (χ4v) is 10.5. The van der Waals surface area contributed by atoms with Gasteiger partial charge in [0.15, 0.2) is 0 Å². The number of hydrogen-bond donors (Lipinski definition) is 1. The molecule has 1 N–H and O–H groups in total. The van der Waals surface area contributed by atoms with Crippen molar-refractivity contribution in [3.05, 3.63) is 70.5 Å². The molecule has 0 radical (unpaired) electrons. The van der Waals surface area contributed by atoms with Gasteiger partial charge in [0.05, 0.1) is 42.1 Å². The van der Waals surface area contributed by atoms with Gasteiger partial charge in [-0.15, -0.1) is 0 Å². The number of piperazine rings is 1. The van der Waals surface area contributed by atoms with Crippen LogP contribution in [0.4, 0.5) is 0 Å². The van der Waals surface area contributed by atoms with E-state index in [9.17, 15) is 18.0 Å². The topological polar surface area (TPSA) is 119 Å². The van der Waals surface area contributed by atoms with Gasteiger partial charge in [-0.2, -0.15) is 5.10 Å². The number of nitrogens with one attached hydrogen (secondary N) is 1. The lowest BCUT2D eigenvalue weighted by atomic mass is 9.81. The molecule has 4 heterocycles. The zero-order chi connectivity index (χ0) is 37.2. The Morgan fingerprint density at radius 3 is 2.32 bits per heavy atom. The van der Waals surface area contributed by atoms with E-state index in [1.165, 1.54) is 12.0 Å². The lowest BCUT2D eigenvalue weighted by molar-refractivity contribution is 0.0414. The van der Waals surface area contributed by atoms with Crippen LogP contribution in [0.15, 0.2) is 42.6 Å². The van der Waals surface area contributed by atoms with Gasteiger partial charge in [-0.3, -0.25) is 19.2 Å². The third-order valence-corrected chi connectivity index (χ3v) is 14.2. The first-order valence-corrected chi connectivity index (χ1v) is 20.6. The maximum Gasteiger partial charge on any atom is 0.264 e. The molecule has 1 saturated heterocycles. The number of aryl methyl sites for hydroxylation is 1. The Morgan fingerprint density at radius 2 is 1.64 bits per heavy atom. The van der Waals surface area contributed by atoms with Crippen LogP contribution in [-0.4, -0.2) is 89.0 Å². The Bertz CT molecular complexity index is 2230. The molecule has 0 bridgehead atoms. The molecule has 11 nitrogen and oxygen atoms in total. The molecule has 280 valence electrons. The van der Waals surface area contributed by atoms with Crippen molar-refractivity contribution in [1.82, 2.24) is 28.9 Å². The minimum Gasteiger partial charge on any atom is -0.497 e. The monoisotopic (exact) mass is 738 g/mol. The first kappa shape index (κ1) is 35.6. The summed E-state index contributed by atoms with van der Waals surface area (Å²) in [6.45, 7) is 5.98. The van der Waals surface area contributed by atoms with Crippen molar-refractivity contribution in [2.75, 3.05) is 27.2 Å². The number of allylic oxidation sites excluding steroid dienone is 1. The number of fused-ring (bicyclic) bond motifs is 5. The maximum absolute atomic E-state index is 14.4. The minimum atomic E-state index is -3.76. The van der Waals surface area contributed by atoms with Gasteiger partial charge in [0.2, 0.25) is 10.0 Å². The Balaban J connectivity index is 1.30. The molecule has 2 aromatic heterocycles. The van der Waals surface area contributed by atoms with Gasteiger partial charge in [-0.1, -0.05) is 31.7 Å². The van der Waals surface area contributed by atoms with Crippen molar-refractivity contribution in [3.8, 4) is 17.0 Å². The second-order valence-electron chi connectivity index (χ2n) is 15.7. The van der Waals surface area contributed by atoms with Crippen LogP contribution < -0.4 is 9.46 Å². The highest BCUT2D eigenvalue weighted by atomic mass is 32.2. The first-order valence-electron chi connectivity index (χ1n) is 19.1. The van der Waals surface area contributed by atoms with Gasteiger partial charge in [0, 0.05) is 54.3 Å². The molecular weight excluding hydrogens is 689 g/mol. The van der Waals surface area contributed by atoms with Gasteiger partial charge >= 0.3 is 0 Å². The Hall–Kier alpha value is -4.42. The third kappa shape index (κ3) is 6.27. The summed E-state index contributed by atoms with van der Waals surface area (Å²) in [5.41, 5.74) is 7.75. The van der Waals surface area contributed by atoms with Crippen molar-refractivity contribution < 1.29 is 22.7 Å². The van der Waals surface area contributed by atoms with Crippen LogP contribution in [0.5, 0.6) is 5.75 Å². The number of carbonyl (C=O) groups excluding carboxylic acids is 2. The Labute approximate surface area is 312 Å². The molecule has 2 aliphatic heterocycles. The number of likely N-dealkylation sites (N-methyl/N-ethyl adjacent to an activating group) is 1. The largest absolute Gasteiger partial charge is 0.497 e. The van der Waals surface area contributed by atoms with Crippen LogP contribution in [0.1, 0.15) is 109 Å². The lowest BCUT2D eigenvalue weighted by Crippen LogP contribution is -2.56. The summed E-state index contributed by atoms with van der Waals surface area (Å²) in [5, 5.41) is 5.19. The number of methoxy groups -OCH3 is 1. The van der Waals surface area contributed by atoms with E-state index in [-0.39, 0.29) is 18.0 Å². The second-order valence-corrected chi connectivity index (χ2v) is 17.6. The van der Waals surface area contributed by atoms with Gasteiger partial charge in [-0.05, 0) is 106 Å². The van der Waals surface area contributed by atoms with Crippen LogP contribution in [-0.2, 0) is 23.6 Å². The van der Waals surface area contributed by atoms with E-state index < -0.39 is 21.2 Å². The van der Waals surface area contributed by atoms with Crippen LogP contribution in [0, 0.1) is 0 Å². The molecule has 0 spiro atoms. The second kappa shape index (κ2) is 13.8. The van der Waals surface area contributed by atoms with Crippen molar-refractivity contribution in [3.63, 3.8) is 0 Å². The molecule has 3 fully saturated rings. The molecule has 2 aromatic carbocycles. The van der Waals surface area contributed by atoms with E-state index in [1.54, 1.807) is 24.1 Å². The van der Waals surface area contributed by atoms with E-state index in [1.807, 2.05) is 30.1 Å². The summed E-state index contributed by atoms with van der Waals surface area (Å²) in [7, 11) is 1.90. The molecule has 2 aliphatic carbocycles. The highest BCUT2D eigenvalue weighted by molar-refractivity contribution is 7.90. The fourth-order valence-electron chi connectivity index (χ4n) is 8.99. The predicted molar refractivity (Wildman–Crippen MR) is 207 cm³/mol. The number of ether oxygens (including phenoxy) is 1. The molecule has 2 amide bonds. The van der Waals surface area contributed by atoms with Gasteiger partial charge in [0.25, 0.3) is 11.8 Å². The maximum atomic E-state index is 14.4. The Kier molecular flexibility index (Phi) is 9.25. The average Bonchev–Trinajstić information content (AvgIpc) is 3.60. The van der Waals surface area contributed by atoms with E-state index in [0.29, 0.717) is 49.5 Å². The highest BCUT2D eigenvalue weighted by Gasteiger charge is 2.36. The predicted octanol–water partition coefficient (Wildman–Crippen LogP) is 6.43. The molecular formula is C41H50N6O5S. The number of benzene rings is 2. The smallest absolute Gasteiger partial charge is 0.264 e. The number of sulfonamides is 1. The number of aromatic nitrogens is 3. The molecule has 53 heavy (non-hydrogen) atoms. The normalized spacial score (nSPS) is 21.4. The molecule has 4 aromatic rings. The van der Waals surface area contributed by atoms with Crippen molar-refractivity contribution in [2.45, 2.75) is 95.0 Å². The number of amides is 2. The summed E-state index contributed by atoms with van der Waals surface area (Å²) >= 11 is 0. The number of nitrogens with zero attached hydrogens (tertiary/aromatic N) is 5. The van der Waals surface area contributed by atoms with Crippen LogP contribution in [0.25, 0.3) is 33.8 Å². The van der Waals surface area contributed by atoms with Crippen molar-refractivity contribution in [1.29, 1.82) is 0 Å². The number of rotatable bonds is 7. The molecule has 4 aliphatic rings. The summed E-state index contributed by atoms with van der Waals surface area (Å²) in [6, 6.07) is 12.2. The molecule has 2 atom stereocenters. The van der Waals surface area contributed by atoms with Crippen molar-refractivity contribution in [2.24, 2.45) is 7.05 Å². The quantitative estimate of drug-likeness (QED) is 0.232. The average molecular weight is 739 g/mol. The van der Waals surface area contributed by atoms with E-state index in [2.05, 4.69) is 58.4 Å². The molecule has 0 unspecified atom stereocenters. The van der Waals surface area contributed by atoms with Gasteiger partial charge in [-0.25, -0.2) is 13.1 Å². The number of hydrogen-bond acceptors (Lipinski definition) is 7. The summed E-state index contributed by atoms with van der Waals surface area (Å²) in [4.78, 5) is 32.3. The zero-order valence-electron chi connectivity index (χ0n) is 31.4. The van der Waals surface area contributed by atoms with Crippen molar-refractivity contribution >= 4 is 44.4 Å². The van der Waals surface area contributed by atoms with Crippen LogP contribution in [0.2, 0.25) is 0 Å². The SMILES string of the molecule is COc1ccc2c(c1)C=C(c1c(C(=O)N3C[C@@H](C)N(C)[C@@H](C)C3)cnn1C)Cn1c-2c(C2CCCCC2)c2ccc(C(=O)NS(=O)(=O)C3CCC3)cc21. The lowest BCUT2D eigenvalue weighted by Gasteiger charge is -2.42. The van der Waals surface area contributed by atoms with Gasteiger partial charge in [0.1, 0.15) is 5.75 Å². The minimum absolute atomic E-state index is 0.0389. The summed E-state index contributed by atoms with van der Waals surface area (Å²) in [6.07, 6.45) is 11.5. The number of carbonyl (C=O) groups is 2. The van der Waals surface area contributed by atoms with Gasteiger partial charge < -0.3 is 14.2 Å². The third-order valence-electron chi connectivity index (χ3n) is 12.4. The van der Waals surface area contributed by atoms with Crippen LogP contribution >= 0.6 is 0 Å². The summed E-state index contributed by atoms with van der Waals surface area (Å²) in [5.74, 6) is 0.408. The van der Waals surface area contributed by atoms with Crippen LogP contribution in [0.3, 0.4) is 0 Å². The molecule has 12 heteroatoms. The highest BCUT2D eigenvalue weighted by Crippen LogP contribution is 2.48.